The Morgan fingerprint density at radius 1 is 0.195 bits per heavy atom. The van der Waals surface area contributed by atoms with Crippen LogP contribution < -0.4 is 0 Å². The minimum absolute atomic E-state index is 0.608. The maximum atomic E-state index is 10.4. The van der Waals surface area contributed by atoms with E-state index in [1.165, 1.54) is 43.1 Å². The highest BCUT2D eigenvalue weighted by Gasteiger charge is 2.23. The summed E-state index contributed by atoms with van der Waals surface area (Å²) in [4.78, 5) is 29.5. The first-order chi connectivity index (χ1) is 58.4. The van der Waals surface area contributed by atoms with Crippen molar-refractivity contribution in [3.8, 4) is 136 Å². The number of para-hydroxylation sites is 2. The fourth-order valence-corrected chi connectivity index (χ4v) is 17.0. The van der Waals surface area contributed by atoms with Crippen LogP contribution in [0.5, 0.6) is 0 Å². The summed E-state index contributed by atoms with van der Waals surface area (Å²) in [6.07, 6.45) is 0. The molecule has 0 unspecified atom stereocenters. The normalized spacial score (nSPS) is 11.4. The van der Waals surface area contributed by atoms with Crippen molar-refractivity contribution in [1.29, 1.82) is 10.5 Å². The lowest BCUT2D eigenvalue weighted by Crippen LogP contribution is -2.00. The van der Waals surface area contributed by atoms with E-state index in [2.05, 4.69) is 276 Å². The second-order valence-electron chi connectivity index (χ2n) is 29.5. The quantitative estimate of drug-likeness (QED) is 0.118. The number of hydrogen-bond donors (Lipinski definition) is 0. The molecule has 0 fully saturated rings. The Bertz CT molecular complexity index is 7680. The highest BCUT2D eigenvalue weighted by molar-refractivity contribution is 6.22. The minimum Gasteiger partial charge on any atom is -0.309 e. The van der Waals surface area contributed by atoms with E-state index in [1.807, 2.05) is 146 Å². The third kappa shape index (κ3) is 12.6. The first kappa shape index (κ1) is 69.5. The van der Waals surface area contributed by atoms with Gasteiger partial charge < -0.3 is 9.13 Å². The molecule has 18 aromatic carbocycles. The van der Waals surface area contributed by atoms with Crippen molar-refractivity contribution in [3.63, 3.8) is 0 Å². The fourth-order valence-electron chi connectivity index (χ4n) is 17.0. The molecule has 0 bridgehead atoms. The zero-order valence-corrected chi connectivity index (χ0v) is 63.6. The number of benzene rings is 18. The molecule has 0 N–H and O–H groups in total. The van der Waals surface area contributed by atoms with Crippen molar-refractivity contribution in [2.45, 2.75) is 0 Å². The van der Waals surface area contributed by atoms with Crippen LogP contribution in [0, 0.1) is 22.7 Å². The smallest absolute Gasteiger partial charge is 0.164 e. The van der Waals surface area contributed by atoms with E-state index in [0.717, 1.165) is 133 Å². The average molecular weight is 1500 g/mol. The molecule has 0 aliphatic rings. The van der Waals surface area contributed by atoms with Gasteiger partial charge in [-0.15, -0.1) is 0 Å². The molecule has 0 saturated carbocycles. The summed E-state index contributed by atoms with van der Waals surface area (Å²) in [5.41, 5.74) is 21.7. The Balaban J connectivity index is 0.000000147. The molecule has 22 rings (SSSR count). The maximum Gasteiger partial charge on any atom is 0.164 e. The highest BCUT2D eigenvalue weighted by Crippen LogP contribution is 2.45. The summed E-state index contributed by atoms with van der Waals surface area (Å²) in [6, 6.07) is 143. The summed E-state index contributed by atoms with van der Waals surface area (Å²) >= 11 is 0. The van der Waals surface area contributed by atoms with Crippen LogP contribution in [0.15, 0.2) is 400 Å². The second-order valence-corrected chi connectivity index (χ2v) is 29.5. The highest BCUT2D eigenvalue weighted by atomic mass is 15.0. The SMILES string of the molecule is N#Cc1cc(-c2ccc(-c3ccc(-c4nc(-c5ccccc5)nc(-c5ccccc5)n4)cc3)c3ccccc23)cc(-n2c3ccccc3c3c4ccccc4ccc32)c1.N#Cc1cc(-c2ccc(-c3ccc(-c4nc(-c5ccccc5)nc(-c5ccccc5)n4)cc3)c3ccccc23)cc(-n2c3ccccc3c3ccc4ccccc4c32)c1. The van der Waals surface area contributed by atoms with Crippen molar-refractivity contribution in [2.24, 2.45) is 0 Å². The summed E-state index contributed by atoms with van der Waals surface area (Å²) in [7, 11) is 0. The Morgan fingerprint density at radius 3 is 0.915 bits per heavy atom. The molecule has 0 radical (unpaired) electrons. The molecule has 10 heteroatoms. The van der Waals surface area contributed by atoms with Crippen LogP contribution in [-0.4, -0.2) is 39.0 Å². The monoisotopic (exact) mass is 1500 g/mol. The summed E-state index contributed by atoms with van der Waals surface area (Å²) < 4.78 is 4.63. The average Bonchev–Trinajstić information content (AvgIpc) is 1.57. The molecule has 0 amide bonds. The molecular formula is C108H66N10. The van der Waals surface area contributed by atoms with Crippen molar-refractivity contribution in [1.82, 2.24) is 39.0 Å². The fraction of sp³-hybridized carbons (Fsp3) is 0. The van der Waals surface area contributed by atoms with E-state index in [1.54, 1.807) is 0 Å². The van der Waals surface area contributed by atoms with Gasteiger partial charge in [0.15, 0.2) is 34.9 Å². The number of fused-ring (bicyclic) bond motifs is 12. The number of rotatable bonds is 12. The second kappa shape index (κ2) is 29.6. The lowest BCUT2D eigenvalue weighted by atomic mass is 9.91. The number of nitriles is 2. The molecule has 4 heterocycles. The Hall–Kier alpha value is -16.4. The van der Waals surface area contributed by atoms with Crippen LogP contribution in [0.25, 0.3) is 211 Å². The van der Waals surface area contributed by atoms with Crippen molar-refractivity contribution < 1.29 is 0 Å². The molecular weight excluding hydrogens is 1440 g/mol. The van der Waals surface area contributed by atoms with Crippen LogP contribution in [0.2, 0.25) is 0 Å². The predicted molar refractivity (Wildman–Crippen MR) is 482 cm³/mol. The van der Waals surface area contributed by atoms with Crippen molar-refractivity contribution in [3.05, 3.63) is 412 Å². The van der Waals surface area contributed by atoms with Crippen LogP contribution in [0.4, 0.5) is 0 Å². The van der Waals surface area contributed by atoms with Crippen molar-refractivity contribution in [2.75, 3.05) is 0 Å². The predicted octanol–water partition coefficient (Wildman–Crippen LogP) is 27.0. The largest absolute Gasteiger partial charge is 0.309 e. The van der Waals surface area contributed by atoms with E-state index < -0.39 is 0 Å². The maximum absolute atomic E-state index is 10.4. The van der Waals surface area contributed by atoms with Gasteiger partial charge >= 0.3 is 0 Å². The van der Waals surface area contributed by atoms with Gasteiger partial charge in [-0.25, -0.2) is 29.9 Å². The summed E-state index contributed by atoms with van der Waals surface area (Å²) in [6.45, 7) is 0. The van der Waals surface area contributed by atoms with Crippen LogP contribution in [0.3, 0.4) is 0 Å². The van der Waals surface area contributed by atoms with E-state index in [9.17, 15) is 10.5 Å². The zero-order chi connectivity index (χ0) is 78.6. The molecule has 118 heavy (non-hydrogen) atoms. The van der Waals surface area contributed by atoms with Gasteiger partial charge in [0.2, 0.25) is 0 Å². The standard InChI is InChI=1S/2C54H33N5/c55-34-35-31-41(33-42(32-35)59-49-22-12-11-21-48(49)51-45-18-8-7-13-36(45)27-30-50(51)59)44-29-28-43(46-19-9-10-20-47(44)46)37-23-25-40(26-24-37)54-57-52(38-14-3-1-4-15-38)56-53(58-54)39-16-5-2-6-17-39;55-34-35-31-41(33-42(32-35)59-50-22-12-11-21-48(50)49-28-27-36-13-7-8-18-45(36)51(49)59)44-30-29-43(46-19-9-10-20-47(44)46)37-23-25-40(26-24-37)54-57-52(38-14-3-1-4-15-38)56-53(58-54)39-16-5-2-6-17-39/h2*1-33H. The van der Waals surface area contributed by atoms with Gasteiger partial charge in [-0.1, -0.05) is 346 Å². The molecule has 10 nitrogen and oxygen atoms in total. The molecule has 0 spiro atoms. The zero-order valence-electron chi connectivity index (χ0n) is 63.6. The van der Waals surface area contributed by atoms with E-state index >= 15 is 0 Å². The van der Waals surface area contributed by atoms with Gasteiger partial charge in [0.1, 0.15) is 0 Å². The molecule has 4 aromatic heterocycles. The molecule has 0 aliphatic carbocycles. The first-order valence-corrected chi connectivity index (χ1v) is 39.3. The van der Waals surface area contributed by atoms with Crippen LogP contribution in [0.1, 0.15) is 11.1 Å². The first-order valence-electron chi connectivity index (χ1n) is 39.3. The van der Waals surface area contributed by atoms with E-state index in [0.29, 0.717) is 46.1 Å². The van der Waals surface area contributed by atoms with Gasteiger partial charge in [0, 0.05) is 71.7 Å². The van der Waals surface area contributed by atoms with Gasteiger partial charge in [0.05, 0.1) is 45.3 Å². The lowest BCUT2D eigenvalue weighted by molar-refractivity contribution is 1.07. The third-order valence-corrected chi connectivity index (χ3v) is 22.5. The molecule has 22 aromatic rings. The van der Waals surface area contributed by atoms with Gasteiger partial charge in [-0.05, 0) is 137 Å². The van der Waals surface area contributed by atoms with Crippen LogP contribution >= 0.6 is 0 Å². The third-order valence-electron chi connectivity index (χ3n) is 22.5. The van der Waals surface area contributed by atoms with E-state index in [4.69, 9.17) is 29.9 Å². The number of hydrogen-bond acceptors (Lipinski definition) is 8. The lowest BCUT2D eigenvalue weighted by Gasteiger charge is -2.15. The number of aromatic nitrogens is 8. The molecule has 548 valence electrons. The summed E-state index contributed by atoms with van der Waals surface area (Å²) in [5.74, 6) is 3.78. The van der Waals surface area contributed by atoms with Gasteiger partial charge in [-0.2, -0.15) is 10.5 Å². The van der Waals surface area contributed by atoms with Crippen LogP contribution in [-0.2, 0) is 0 Å². The number of nitrogens with zero attached hydrogens (tertiary/aromatic N) is 10. The Kier molecular flexibility index (Phi) is 17.4. The molecule has 0 saturated heterocycles. The van der Waals surface area contributed by atoms with Crippen molar-refractivity contribution >= 4 is 86.7 Å². The topological polar surface area (TPSA) is 135 Å². The molecule has 0 atom stereocenters. The van der Waals surface area contributed by atoms with Gasteiger partial charge in [0.25, 0.3) is 0 Å². The molecule has 0 aliphatic heterocycles. The van der Waals surface area contributed by atoms with E-state index in [-0.39, 0.29) is 0 Å². The summed E-state index contributed by atoms with van der Waals surface area (Å²) in [5, 5.41) is 34.8. The Labute approximate surface area is 679 Å². The Morgan fingerprint density at radius 2 is 0.500 bits per heavy atom. The van der Waals surface area contributed by atoms with Gasteiger partial charge in [-0.3, -0.25) is 0 Å². The minimum atomic E-state index is 0.608.